The fourth-order valence-electron chi connectivity index (χ4n) is 2.42. The van der Waals surface area contributed by atoms with E-state index >= 15 is 0 Å². The predicted molar refractivity (Wildman–Crippen MR) is 78.1 cm³/mol. The van der Waals surface area contributed by atoms with E-state index in [1.54, 1.807) is 6.92 Å². The van der Waals surface area contributed by atoms with E-state index in [0.717, 1.165) is 45.7 Å². The molecule has 1 heterocycles. The first-order chi connectivity index (χ1) is 9.54. The molecule has 0 aromatic rings. The van der Waals surface area contributed by atoms with Crippen LogP contribution in [0.1, 0.15) is 26.2 Å². The summed E-state index contributed by atoms with van der Waals surface area (Å²) in [6.45, 7) is 7.24. The van der Waals surface area contributed by atoms with Crippen molar-refractivity contribution < 1.29 is 9.59 Å². The Labute approximate surface area is 120 Å². The molecule has 7 nitrogen and oxygen atoms in total. The van der Waals surface area contributed by atoms with Crippen LogP contribution in [0.5, 0.6) is 0 Å². The summed E-state index contributed by atoms with van der Waals surface area (Å²) in [5.74, 6) is -0.325. The summed E-state index contributed by atoms with van der Waals surface area (Å²) in [6.07, 6.45) is 3.44. The number of rotatable bonds is 7. The Bertz CT molecular complexity index is 316. The molecule has 1 atom stereocenters. The van der Waals surface area contributed by atoms with E-state index in [1.807, 2.05) is 0 Å². The number of piperazine rings is 1. The summed E-state index contributed by atoms with van der Waals surface area (Å²) in [6, 6.07) is -1.11. The van der Waals surface area contributed by atoms with Crippen molar-refractivity contribution in [3.05, 3.63) is 0 Å². The number of nitrogens with zero attached hydrogens (tertiary/aromatic N) is 2. The lowest BCUT2D eigenvalue weighted by molar-refractivity contribution is -0.125. The van der Waals surface area contributed by atoms with Crippen LogP contribution < -0.4 is 16.8 Å². The van der Waals surface area contributed by atoms with E-state index in [-0.39, 0.29) is 11.9 Å². The zero-order valence-electron chi connectivity index (χ0n) is 12.3. The Kier molecular flexibility index (Phi) is 7.50. The van der Waals surface area contributed by atoms with E-state index in [0.29, 0.717) is 0 Å². The number of nitrogens with two attached hydrogens (primary N) is 2. The number of amides is 3. The molecule has 1 rings (SSSR count). The van der Waals surface area contributed by atoms with Crippen LogP contribution in [-0.2, 0) is 4.79 Å². The van der Waals surface area contributed by atoms with Crippen molar-refractivity contribution in [2.24, 2.45) is 11.5 Å². The molecule has 1 unspecified atom stereocenters. The molecule has 0 bridgehead atoms. The number of urea groups is 1. The molecule has 0 aromatic carbocycles. The van der Waals surface area contributed by atoms with Gasteiger partial charge < -0.3 is 16.4 Å². The van der Waals surface area contributed by atoms with Gasteiger partial charge >= 0.3 is 6.03 Å². The maximum Gasteiger partial charge on any atom is 0.318 e. The van der Waals surface area contributed by atoms with Crippen LogP contribution in [0.25, 0.3) is 0 Å². The van der Waals surface area contributed by atoms with Crippen LogP contribution in [-0.4, -0.2) is 67.0 Å². The third-order valence-electron chi connectivity index (χ3n) is 3.76. The third-order valence-corrected chi connectivity index (χ3v) is 3.76. The van der Waals surface area contributed by atoms with Crippen molar-refractivity contribution >= 4 is 11.9 Å². The van der Waals surface area contributed by atoms with Gasteiger partial charge in [-0.2, -0.15) is 0 Å². The highest BCUT2D eigenvalue weighted by atomic mass is 16.2. The number of carbonyl (C=O) groups is 2. The van der Waals surface area contributed by atoms with E-state index in [4.69, 9.17) is 11.5 Å². The van der Waals surface area contributed by atoms with Crippen LogP contribution in [0.2, 0.25) is 0 Å². The average molecular weight is 285 g/mol. The summed E-state index contributed by atoms with van der Waals surface area (Å²) in [4.78, 5) is 26.9. The topological polar surface area (TPSA) is 105 Å². The zero-order valence-corrected chi connectivity index (χ0v) is 12.3. The first kappa shape index (κ1) is 16.9. The van der Waals surface area contributed by atoms with E-state index in [2.05, 4.69) is 15.1 Å². The Morgan fingerprint density at radius 2 is 1.80 bits per heavy atom. The Morgan fingerprint density at radius 1 is 1.15 bits per heavy atom. The molecule has 20 heavy (non-hydrogen) atoms. The van der Waals surface area contributed by atoms with Gasteiger partial charge in [0.1, 0.15) is 0 Å². The van der Waals surface area contributed by atoms with Gasteiger partial charge in [0, 0.05) is 26.2 Å². The van der Waals surface area contributed by atoms with Crippen molar-refractivity contribution in [3.63, 3.8) is 0 Å². The second kappa shape index (κ2) is 8.89. The molecule has 116 valence electrons. The van der Waals surface area contributed by atoms with E-state index in [1.165, 1.54) is 12.8 Å². The maximum atomic E-state index is 11.7. The summed E-state index contributed by atoms with van der Waals surface area (Å²) in [5.41, 5.74) is 10.4. The number of imide groups is 1. The van der Waals surface area contributed by atoms with Crippen LogP contribution in [0.3, 0.4) is 0 Å². The van der Waals surface area contributed by atoms with Crippen molar-refractivity contribution in [2.45, 2.75) is 32.2 Å². The molecule has 0 radical (unpaired) electrons. The van der Waals surface area contributed by atoms with Crippen molar-refractivity contribution in [1.82, 2.24) is 15.1 Å². The molecule has 0 aliphatic carbocycles. The van der Waals surface area contributed by atoms with Gasteiger partial charge in [0.25, 0.3) is 0 Å². The van der Waals surface area contributed by atoms with Crippen LogP contribution in [0.15, 0.2) is 0 Å². The number of primary amides is 1. The lowest BCUT2D eigenvalue weighted by Gasteiger charge is -2.37. The maximum absolute atomic E-state index is 11.7. The van der Waals surface area contributed by atoms with Crippen molar-refractivity contribution in [1.29, 1.82) is 0 Å². The summed E-state index contributed by atoms with van der Waals surface area (Å²) in [5, 5.41) is 2.13. The van der Waals surface area contributed by atoms with Crippen molar-refractivity contribution in [2.75, 3.05) is 39.3 Å². The molecule has 5 N–H and O–H groups in total. The normalized spacial score (nSPS) is 18.7. The molecule has 1 aliphatic heterocycles. The van der Waals surface area contributed by atoms with Gasteiger partial charge in [-0.25, -0.2) is 4.79 Å². The standard InChI is InChI=1S/C13H27N5O2/c1-11(12(19)16-13(15)20)18-9-7-17(8-10-18)6-4-2-3-5-14/h11H,2-10,14H2,1H3,(H3,15,16,19,20). The molecule has 0 saturated carbocycles. The number of hydrogen-bond donors (Lipinski definition) is 3. The van der Waals surface area contributed by atoms with Gasteiger partial charge in [0.15, 0.2) is 0 Å². The fraction of sp³-hybridized carbons (Fsp3) is 0.846. The highest BCUT2D eigenvalue weighted by Crippen LogP contribution is 2.08. The molecular weight excluding hydrogens is 258 g/mol. The molecule has 1 aliphatic rings. The number of unbranched alkanes of at least 4 members (excludes halogenated alkanes) is 2. The number of nitrogens with one attached hydrogen (secondary N) is 1. The monoisotopic (exact) mass is 285 g/mol. The average Bonchev–Trinajstić information content (AvgIpc) is 2.43. The van der Waals surface area contributed by atoms with Crippen LogP contribution in [0.4, 0.5) is 4.79 Å². The summed E-state index contributed by atoms with van der Waals surface area (Å²) >= 11 is 0. The van der Waals surface area contributed by atoms with Gasteiger partial charge in [0.05, 0.1) is 6.04 Å². The minimum atomic E-state index is -0.791. The second-order valence-corrected chi connectivity index (χ2v) is 5.26. The lowest BCUT2D eigenvalue weighted by atomic mass is 10.2. The molecule has 3 amide bonds. The van der Waals surface area contributed by atoms with Gasteiger partial charge in [-0.3, -0.25) is 15.0 Å². The molecular formula is C13H27N5O2. The summed E-state index contributed by atoms with van der Waals surface area (Å²) < 4.78 is 0. The summed E-state index contributed by atoms with van der Waals surface area (Å²) in [7, 11) is 0. The number of carbonyl (C=O) groups excluding carboxylic acids is 2. The van der Waals surface area contributed by atoms with E-state index in [9.17, 15) is 9.59 Å². The van der Waals surface area contributed by atoms with Crippen LogP contribution in [0, 0.1) is 0 Å². The third kappa shape index (κ3) is 5.85. The van der Waals surface area contributed by atoms with Gasteiger partial charge in [-0.1, -0.05) is 6.42 Å². The highest BCUT2D eigenvalue weighted by Gasteiger charge is 2.25. The predicted octanol–water partition coefficient (Wildman–Crippen LogP) is -0.684. The molecule has 7 heteroatoms. The first-order valence-electron chi connectivity index (χ1n) is 7.31. The molecule has 0 spiro atoms. The second-order valence-electron chi connectivity index (χ2n) is 5.26. The number of hydrogen-bond acceptors (Lipinski definition) is 5. The highest BCUT2D eigenvalue weighted by molar-refractivity contribution is 5.96. The Hall–Kier alpha value is -1.18. The SMILES string of the molecule is CC(C(=O)NC(N)=O)N1CCN(CCCCCN)CC1. The fourth-order valence-corrected chi connectivity index (χ4v) is 2.42. The Balaban J connectivity index is 2.24. The minimum absolute atomic E-state index is 0.318. The van der Waals surface area contributed by atoms with Gasteiger partial charge in [0.2, 0.25) is 5.91 Å². The van der Waals surface area contributed by atoms with Gasteiger partial charge in [-0.05, 0) is 32.9 Å². The molecule has 1 fully saturated rings. The van der Waals surface area contributed by atoms with Crippen molar-refractivity contribution in [3.8, 4) is 0 Å². The minimum Gasteiger partial charge on any atom is -0.351 e. The quantitative estimate of drug-likeness (QED) is 0.537. The molecule has 0 aromatic heterocycles. The lowest BCUT2D eigenvalue weighted by Crippen LogP contribution is -2.55. The van der Waals surface area contributed by atoms with E-state index < -0.39 is 6.03 Å². The first-order valence-corrected chi connectivity index (χ1v) is 7.31. The van der Waals surface area contributed by atoms with Crippen LogP contribution >= 0.6 is 0 Å². The molecule has 1 saturated heterocycles. The zero-order chi connectivity index (χ0) is 15.0. The smallest absolute Gasteiger partial charge is 0.318 e. The Morgan fingerprint density at radius 3 is 2.35 bits per heavy atom. The largest absolute Gasteiger partial charge is 0.351 e. The van der Waals surface area contributed by atoms with Gasteiger partial charge in [-0.15, -0.1) is 0 Å².